The normalized spacial score (nSPS) is 10.1. The monoisotopic (exact) mass is 273 g/mol. The number of aryl methyl sites for hydroxylation is 1. The number of amides is 1. The van der Waals surface area contributed by atoms with Crippen molar-refractivity contribution in [3.63, 3.8) is 0 Å². The number of hydrogen-bond donors (Lipinski definition) is 3. The third kappa shape index (κ3) is 2.89. The summed E-state index contributed by atoms with van der Waals surface area (Å²) in [5, 5.41) is 17.2. The van der Waals surface area contributed by atoms with E-state index in [2.05, 4.69) is 15.5 Å². The maximum atomic E-state index is 11.9. The molecule has 1 amide bonds. The lowest BCUT2D eigenvalue weighted by molar-refractivity contribution is 0.0698. The zero-order valence-corrected chi connectivity index (χ0v) is 10.5. The number of anilines is 1. The summed E-state index contributed by atoms with van der Waals surface area (Å²) in [4.78, 5) is 33.9. The van der Waals surface area contributed by atoms with Crippen LogP contribution in [0.1, 0.15) is 26.4 Å². The van der Waals surface area contributed by atoms with E-state index in [0.717, 1.165) is 11.6 Å². The number of carboxylic acids is 1. The van der Waals surface area contributed by atoms with Gasteiger partial charge in [-0.25, -0.2) is 9.89 Å². The molecule has 0 fully saturated rings. The molecule has 0 saturated carbocycles. The zero-order chi connectivity index (χ0) is 14.7. The van der Waals surface area contributed by atoms with Gasteiger partial charge in [0.1, 0.15) is 5.69 Å². The zero-order valence-electron chi connectivity index (χ0n) is 10.5. The number of nitrogens with one attached hydrogen (secondary N) is 2. The Labute approximate surface area is 113 Å². The Balaban J connectivity index is 2.30. The number of hydrogen-bond acceptors (Lipinski definition) is 4. The Morgan fingerprint density at radius 2 is 2.00 bits per heavy atom. The van der Waals surface area contributed by atoms with Crippen molar-refractivity contribution in [2.75, 3.05) is 5.32 Å². The van der Waals surface area contributed by atoms with Gasteiger partial charge < -0.3 is 10.4 Å². The van der Waals surface area contributed by atoms with Crippen LogP contribution in [0, 0.1) is 6.92 Å². The Kier molecular flexibility index (Phi) is 3.60. The summed E-state index contributed by atoms with van der Waals surface area (Å²) in [7, 11) is 0. The minimum absolute atomic E-state index is 0.0113. The largest absolute Gasteiger partial charge is 0.478 e. The van der Waals surface area contributed by atoms with Gasteiger partial charge in [-0.05, 0) is 25.1 Å². The number of aromatic nitrogens is 2. The van der Waals surface area contributed by atoms with Crippen molar-refractivity contribution in [2.45, 2.75) is 6.92 Å². The summed E-state index contributed by atoms with van der Waals surface area (Å²) < 4.78 is 0. The topological polar surface area (TPSA) is 112 Å². The summed E-state index contributed by atoms with van der Waals surface area (Å²) >= 11 is 0. The second-order valence-corrected chi connectivity index (χ2v) is 4.11. The Hall–Kier alpha value is -2.96. The van der Waals surface area contributed by atoms with E-state index in [-0.39, 0.29) is 16.9 Å². The molecule has 0 atom stereocenters. The van der Waals surface area contributed by atoms with Crippen molar-refractivity contribution in [3.05, 3.63) is 57.5 Å². The van der Waals surface area contributed by atoms with Crippen molar-refractivity contribution in [1.82, 2.24) is 10.2 Å². The number of aromatic amines is 1. The molecule has 2 rings (SSSR count). The first kappa shape index (κ1) is 13.5. The van der Waals surface area contributed by atoms with Gasteiger partial charge in [0.2, 0.25) is 0 Å². The molecule has 0 aliphatic carbocycles. The standard InChI is InChI=1S/C13H11N3O4/c1-7-2-3-9(8(6-7)13(19)20)14-12(18)10-4-5-11(17)16-15-10/h2-6H,1H3,(H,14,18)(H,16,17)(H,19,20). The van der Waals surface area contributed by atoms with Crippen LogP contribution in [0.4, 0.5) is 5.69 Å². The lowest BCUT2D eigenvalue weighted by Gasteiger charge is -2.08. The lowest BCUT2D eigenvalue weighted by atomic mass is 10.1. The highest BCUT2D eigenvalue weighted by Crippen LogP contribution is 2.18. The number of carbonyl (C=O) groups is 2. The number of benzene rings is 1. The van der Waals surface area contributed by atoms with Crippen molar-refractivity contribution in [3.8, 4) is 0 Å². The average Bonchev–Trinajstić information content (AvgIpc) is 2.41. The molecule has 0 saturated heterocycles. The molecule has 7 heteroatoms. The predicted octanol–water partition coefficient (Wildman–Crippen LogP) is 1.03. The highest BCUT2D eigenvalue weighted by Gasteiger charge is 2.14. The molecular formula is C13H11N3O4. The van der Waals surface area contributed by atoms with Gasteiger partial charge in [0, 0.05) is 6.07 Å². The fraction of sp³-hybridized carbons (Fsp3) is 0.0769. The molecule has 2 aromatic rings. The molecule has 0 aliphatic heterocycles. The van der Waals surface area contributed by atoms with Crippen LogP contribution in [0.3, 0.4) is 0 Å². The van der Waals surface area contributed by atoms with Crippen molar-refractivity contribution in [1.29, 1.82) is 0 Å². The molecule has 7 nitrogen and oxygen atoms in total. The van der Waals surface area contributed by atoms with Crippen molar-refractivity contribution in [2.24, 2.45) is 0 Å². The summed E-state index contributed by atoms with van der Waals surface area (Å²) in [5.74, 6) is -1.74. The van der Waals surface area contributed by atoms with Gasteiger partial charge in [-0.1, -0.05) is 11.6 Å². The third-order valence-electron chi connectivity index (χ3n) is 2.57. The maximum absolute atomic E-state index is 11.9. The van der Waals surface area contributed by atoms with Crippen LogP contribution in [-0.2, 0) is 0 Å². The van der Waals surface area contributed by atoms with E-state index in [0.29, 0.717) is 0 Å². The molecule has 102 valence electrons. The summed E-state index contributed by atoms with van der Waals surface area (Å²) in [5.41, 5.74) is 0.482. The molecule has 0 unspecified atom stereocenters. The van der Waals surface area contributed by atoms with Crippen molar-refractivity contribution < 1.29 is 14.7 Å². The number of carbonyl (C=O) groups excluding carboxylic acids is 1. The quantitative estimate of drug-likeness (QED) is 0.773. The fourth-order valence-electron chi connectivity index (χ4n) is 1.60. The second kappa shape index (κ2) is 5.35. The minimum Gasteiger partial charge on any atom is -0.478 e. The first-order chi connectivity index (χ1) is 9.47. The predicted molar refractivity (Wildman–Crippen MR) is 70.9 cm³/mol. The molecule has 1 heterocycles. The molecule has 0 aliphatic rings. The van der Waals surface area contributed by atoms with E-state index in [1.54, 1.807) is 13.0 Å². The number of carboxylic acid groups (broad SMARTS) is 1. The van der Waals surface area contributed by atoms with E-state index < -0.39 is 17.4 Å². The first-order valence-electron chi connectivity index (χ1n) is 5.68. The molecule has 1 aromatic heterocycles. The van der Waals surface area contributed by atoms with E-state index >= 15 is 0 Å². The van der Waals surface area contributed by atoms with E-state index in [9.17, 15) is 14.4 Å². The number of H-pyrrole nitrogens is 1. The number of aromatic carboxylic acids is 1. The number of rotatable bonds is 3. The molecule has 0 spiro atoms. The molecule has 0 radical (unpaired) electrons. The molecule has 3 N–H and O–H groups in total. The van der Waals surface area contributed by atoms with Crippen molar-refractivity contribution >= 4 is 17.6 Å². The molecule has 0 bridgehead atoms. The van der Waals surface area contributed by atoms with E-state index in [1.165, 1.54) is 18.2 Å². The molecule has 1 aromatic carbocycles. The SMILES string of the molecule is Cc1ccc(NC(=O)c2ccc(=O)[nH]n2)c(C(=O)O)c1. The van der Waals surface area contributed by atoms with Crippen LogP contribution in [-0.4, -0.2) is 27.2 Å². The maximum Gasteiger partial charge on any atom is 0.337 e. The van der Waals surface area contributed by atoms with Crippen LogP contribution in [0.15, 0.2) is 35.1 Å². The molecular weight excluding hydrogens is 262 g/mol. The van der Waals surface area contributed by atoms with Gasteiger partial charge in [-0.2, -0.15) is 5.10 Å². The lowest BCUT2D eigenvalue weighted by Crippen LogP contribution is -2.19. The fourth-order valence-corrected chi connectivity index (χ4v) is 1.60. The van der Waals surface area contributed by atoms with Gasteiger partial charge in [-0.15, -0.1) is 0 Å². The van der Waals surface area contributed by atoms with Gasteiger partial charge in [0.25, 0.3) is 11.5 Å². The second-order valence-electron chi connectivity index (χ2n) is 4.11. The van der Waals surface area contributed by atoms with Gasteiger partial charge in [0.15, 0.2) is 0 Å². The summed E-state index contributed by atoms with van der Waals surface area (Å²) in [6.45, 7) is 1.75. The van der Waals surface area contributed by atoms with Crippen LogP contribution in [0.25, 0.3) is 0 Å². The van der Waals surface area contributed by atoms with Gasteiger partial charge >= 0.3 is 5.97 Å². The first-order valence-corrected chi connectivity index (χ1v) is 5.68. The molecule has 20 heavy (non-hydrogen) atoms. The Morgan fingerprint density at radius 1 is 1.25 bits per heavy atom. The Bertz CT molecular complexity index is 716. The summed E-state index contributed by atoms with van der Waals surface area (Å²) in [6, 6.07) is 7.06. The van der Waals surface area contributed by atoms with Crippen LogP contribution in [0.5, 0.6) is 0 Å². The van der Waals surface area contributed by atoms with Gasteiger partial charge in [0.05, 0.1) is 11.3 Å². The highest BCUT2D eigenvalue weighted by atomic mass is 16.4. The van der Waals surface area contributed by atoms with Crippen LogP contribution in [0.2, 0.25) is 0 Å². The smallest absolute Gasteiger partial charge is 0.337 e. The van der Waals surface area contributed by atoms with Gasteiger partial charge in [-0.3, -0.25) is 9.59 Å². The number of nitrogens with zero attached hydrogens (tertiary/aromatic N) is 1. The van der Waals surface area contributed by atoms with Crippen LogP contribution >= 0.6 is 0 Å². The van der Waals surface area contributed by atoms with E-state index in [1.807, 2.05) is 0 Å². The third-order valence-corrected chi connectivity index (χ3v) is 2.57. The highest BCUT2D eigenvalue weighted by molar-refractivity contribution is 6.06. The van der Waals surface area contributed by atoms with Crippen LogP contribution < -0.4 is 10.9 Å². The Morgan fingerprint density at radius 3 is 2.60 bits per heavy atom. The summed E-state index contributed by atoms with van der Waals surface area (Å²) in [6.07, 6.45) is 0. The average molecular weight is 273 g/mol. The minimum atomic E-state index is -1.14. The van der Waals surface area contributed by atoms with E-state index in [4.69, 9.17) is 5.11 Å².